The molecule has 0 saturated heterocycles. The number of aromatic amines is 1. The minimum atomic E-state index is -0.779. The van der Waals surface area contributed by atoms with Crippen LogP contribution in [0.25, 0.3) is 10.9 Å². The van der Waals surface area contributed by atoms with Crippen LogP contribution in [0, 0.1) is 0 Å². The maximum atomic E-state index is 12.7. The van der Waals surface area contributed by atoms with Crippen LogP contribution in [-0.2, 0) is 11.2 Å². The maximum absolute atomic E-state index is 12.7. The molecule has 0 unspecified atom stereocenters. The molecular weight excluding hydrogens is 384 g/mol. The molecule has 152 valence electrons. The predicted molar refractivity (Wildman–Crippen MR) is 112 cm³/mol. The summed E-state index contributed by atoms with van der Waals surface area (Å²) in [5, 5.41) is 9.95. The van der Waals surface area contributed by atoms with E-state index in [1.54, 1.807) is 32.2 Å². The largest absolute Gasteiger partial charge is 0.497 e. The third-order valence-electron chi connectivity index (χ3n) is 4.78. The molecule has 0 bridgehead atoms. The zero-order valence-electron chi connectivity index (χ0n) is 16.5. The van der Waals surface area contributed by atoms with Gasteiger partial charge in [0.15, 0.2) is 0 Å². The fourth-order valence-corrected chi connectivity index (χ4v) is 3.07. The highest BCUT2D eigenvalue weighted by molar-refractivity contribution is 5.92. The number of hydrogen-bond acceptors (Lipinski definition) is 6. The summed E-state index contributed by atoms with van der Waals surface area (Å²) in [7, 11) is 1.61. The van der Waals surface area contributed by atoms with Crippen molar-refractivity contribution >= 4 is 22.8 Å². The first-order valence-electron chi connectivity index (χ1n) is 9.36. The van der Waals surface area contributed by atoms with Crippen LogP contribution in [0.1, 0.15) is 24.4 Å². The number of aromatic nitrogens is 5. The van der Waals surface area contributed by atoms with E-state index in [9.17, 15) is 9.59 Å². The van der Waals surface area contributed by atoms with Gasteiger partial charge in [0.1, 0.15) is 17.6 Å². The molecule has 0 aliphatic rings. The first-order chi connectivity index (χ1) is 14.5. The Kier molecular flexibility index (Phi) is 5.25. The Morgan fingerprint density at radius 1 is 1.20 bits per heavy atom. The zero-order valence-corrected chi connectivity index (χ0v) is 16.5. The molecule has 1 atom stereocenters. The Morgan fingerprint density at radius 2 is 1.97 bits per heavy atom. The molecule has 0 radical (unpaired) electrons. The van der Waals surface area contributed by atoms with E-state index in [0.29, 0.717) is 23.1 Å². The molecule has 0 aliphatic heterocycles. The standard InChI is InChI=1S/C21H20N6O3/c1-13(27-12-22-17-6-4-3-5-16(17)20(27)29)19(28)24-21-23-18(25-26-21)11-14-7-9-15(30-2)10-8-14/h3-10,12-13H,11H2,1-2H3,(H2,23,24,25,26,28)/t13-/m0/s1. The number of methoxy groups -OCH3 is 1. The van der Waals surface area contributed by atoms with Crippen LogP contribution in [0.3, 0.4) is 0 Å². The number of hydrogen-bond donors (Lipinski definition) is 2. The maximum Gasteiger partial charge on any atom is 0.261 e. The molecule has 0 aliphatic carbocycles. The van der Waals surface area contributed by atoms with E-state index in [1.807, 2.05) is 30.3 Å². The summed E-state index contributed by atoms with van der Waals surface area (Å²) < 4.78 is 6.44. The van der Waals surface area contributed by atoms with Gasteiger partial charge < -0.3 is 4.74 Å². The van der Waals surface area contributed by atoms with Gasteiger partial charge in [0.25, 0.3) is 5.56 Å². The fourth-order valence-electron chi connectivity index (χ4n) is 3.07. The van der Waals surface area contributed by atoms with Crippen molar-refractivity contribution in [3.63, 3.8) is 0 Å². The van der Waals surface area contributed by atoms with E-state index in [2.05, 4.69) is 25.5 Å². The van der Waals surface area contributed by atoms with Gasteiger partial charge in [-0.15, -0.1) is 5.10 Å². The molecular formula is C21H20N6O3. The number of fused-ring (bicyclic) bond motifs is 1. The van der Waals surface area contributed by atoms with Crippen LogP contribution in [0.4, 0.5) is 5.95 Å². The third kappa shape index (κ3) is 3.90. The van der Waals surface area contributed by atoms with Crippen molar-refractivity contribution in [2.24, 2.45) is 0 Å². The summed E-state index contributed by atoms with van der Waals surface area (Å²) in [6.45, 7) is 1.62. The van der Waals surface area contributed by atoms with E-state index in [0.717, 1.165) is 11.3 Å². The molecule has 0 spiro atoms. The molecule has 4 rings (SSSR count). The van der Waals surface area contributed by atoms with Gasteiger partial charge in [-0.25, -0.2) is 4.98 Å². The fraction of sp³-hybridized carbons (Fsp3) is 0.190. The number of H-pyrrole nitrogens is 1. The van der Waals surface area contributed by atoms with Gasteiger partial charge in [0.05, 0.1) is 24.3 Å². The third-order valence-corrected chi connectivity index (χ3v) is 4.78. The molecule has 1 amide bonds. The van der Waals surface area contributed by atoms with Gasteiger partial charge in [-0.3, -0.25) is 24.6 Å². The summed E-state index contributed by atoms with van der Waals surface area (Å²) in [5.41, 5.74) is 1.33. The minimum Gasteiger partial charge on any atom is -0.497 e. The normalized spacial score (nSPS) is 11.9. The summed E-state index contributed by atoms with van der Waals surface area (Å²) in [6, 6.07) is 13.8. The predicted octanol–water partition coefficient (Wildman–Crippen LogP) is 2.31. The number of rotatable bonds is 6. The summed E-state index contributed by atoms with van der Waals surface area (Å²) in [5.74, 6) is 1.12. The quantitative estimate of drug-likeness (QED) is 0.510. The summed E-state index contributed by atoms with van der Waals surface area (Å²) in [6.07, 6.45) is 1.90. The average Bonchev–Trinajstić information content (AvgIpc) is 3.21. The highest BCUT2D eigenvalue weighted by Gasteiger charge is 2.19. The lowest BCUT2D eigenvalue weighted by Gasteiger charge is -2.13. The SMILES string of the molecule is COc1ccc(Cc2nc(NC(=O)[C@H](C)n3cnc4ccccc4c3=O)n[nH]2)cc1. The number of benzene rings is 2. The molecule has 0 saturated carbocycles. The topological polar surface area (TPSA) is 115 Å². The van der Waals surface area contributed by atoms with Crippen molar-refractivity contribution in [1.82, 2.24) is 24.7 Å². The lowest BCUT2D eigenvalue weighted by atomic mass is 10.1. The molecule has 2 heterocycles. The van der Waals surface area contributed by atoms with Crippen LogP contribution >= 0.6 is 0 Å². The van der Waals surface area contributed by atoms with E-state index < -0.39 is 11.9 Å². The Morgan fingerprint density at radius 3 is 2.73 bits per heavy atom. The molecule has 9 nitrogen and oxygen atoms in total. The monoisotopic (exact) mass is 404 g/mol. The minimum absolute atomic E-state index is 0.150. The Labute approximate surface area is 171 Å². The first kappa shape index (κ1) is 19.3. The van der Waals surface area contributed by atoms with Crippen molar-refractivity contribution in [3.05, 3.63) is 76.6 Å². The molecule has 9 heteroatoms. The number of nitrogens with one attached hydrogen (secondary N) is 2. The Balaban J connectivity index is 1.46. The summed E-state index contributed by atoms with van der Waals surface area (Å²) >= 11 is 0. The van der Waals surface area contributed by atoms with Crippen LogP contribution < -0.4 is 15.6 Å². The number of nitrogens with zero attached hydrogens (tertiary/aromatic N) is 4. The van der Waals surface area contributed by atoms with Gasteiger partial charge in [0, 0.05) is 6.42 Å². The van der Waals surface area contributed by atoms with Crippen molar-refractivity contribution in [2.75, 3.05) is 12.4 Å². The van der Waals surface area contributed by atoms with Crippen molar-refractivity contribution in [2.45, 2.75) is 19.4 Å². The highest BCUT2D eigenvalue weighted by Crippen LogP contribution is 2.14. The van der Waals surface area contributed by atoms with Gasteiger partial charge in [-0.05, 0) is 36.8 Å². The second kappa shape index (κ2) is 8.16. The second-order valence-electron chi connectivity index (χ2n) is 6.77. The van der Waals surface area contributed by atoms with Crippen LogP contribution in [0.2, 0.25) is 0 Å². The molecule has 0 fully saturated rings. The van der Waals surface area contributed by atoms with Crippen LogP contribution in [-0.4, -0.2) is 37.7 Å². The Hall–Kier alpha value is -4.01. The lowest BCUT2D eigenvalue weighted by molar-refractivity contribution is -0.118. The van der Waals surface area contributed by atoms with Crippen LogP contribution in [0.5, 0.6) is 5.75 Å². The molecule has 4 aromatic rings. The molecule has 30 heavy (non-hydrogen) atoms. The van der Waals surface area contributed by atoms with Crippen LogP contribution in [0.15, 0.2) is 59.7 Å². The van der Waals surface area contributed by atoms with Crippen molar-refractivity contribution < 1.29 is 9.53 Å². The Bertz CT molecular complexity index is 1250. The molecule has 2 aromatic carbocycles. The van der Waals surface area contributed by atoms with Crippen molar-refractivity contribution in [3.8, 4) is 5.75 Å². The van der Waals surface area contributed by atoms with E-state index >= 15 is 0 Å². The number of carbonyl (C=O) groups excluding carboxylic acids is 1. The van der Waals surface area contributed by atoms with E-state index in [4.69, 9.17) is 4.74 Å². The number of amides is 1. The lowest BCUT2D eigenvalue weighted by Crippen LogP contribution is -2.32. The number of ether oxygens (including phenoxy) is 1. The smallest absolute Gasteiger partial charge is 0.261 e. The number of para-hydroxylation sites is 1. The summed E-state index contributed by atoms with van der Waals surface area (Å²) in [4.78, 5) is 33.9. The molecule has 2 aromatic heterocycles. The van der Waals surface area contributed by atoms with Crippen molar-refractivity contribution in [1.29, 1.82) is 0 Å². The second-order valence-corrected chi connectivity index (χ2v) is 6.77. The zero-order chi connectivity index (χ0) is 21.1. The van der Waals surface area contributed by atoms with Gasteiger partial charge in [0.2, 0.25) is 11.9 Å². The average molecular weight is 404 g/mol. The first-order valence-corrected chi connectivity index (χ1v) is 9.36. The van der Waals surface area contributed by atoms with Gasteiger partial charge in [-0.1, -0.05) is 24.3 Å². The number of carbonyl (C=O) groups is 1. The van der Waals surface area contributed by atoms with Gasteiger partial charge >= 0.3 is 0 Å². The van der Waals surface area contributed by atoms with Gasteiger partial charge in [-0.2, -0.15) is 4.98 Å². The highest BCUT2D eigenvalue weighted by atomic mass is 16.5. The number of anilines is 1. The molecule has 2 N–H and O–H groups in total. The van der Waals surface area contributed by atoms with E-state index in [-0.39, 0.29) is 11.5 Å². The van der Waals surface area contributed by atoms with E-state index in [1.165, 1.54) is 10.9 Å².